The summed E-state index contributed by atoms with van der Waals surface area (Å²) in [5, 5.41) is 3.31. The first-order chi connectivity index (χ1) is 8.70. The van der Waals surface area contributed by atoms with Gasteiger partial charge in [0, 0.05) is 31.4 Å². The maximum absolute atomic E-state index is 3.31. The lowest BCUT2D eigenvalue weighted by Crippen LogP contribution is -2.44. The number of hydrogen-bond donors (Lipinski definition) is 1. The quantitative estimate of drug-likeness (QED) is 0.877. The van der Waals surface area contributed by atoms with Crippen LogP contribution >= 0.6 is 0 Å². The van der Waals surface area contributed by atoms with Gasteiger partial charge in [0.15, 0.2) is 0 Å². The van der Waals surface area contributed by atoms with Crippen molar-refractivity contribution < 1.29 is 0 Å². The first-order valence-corrected chi connectivity index (χ1v) is 6.87. The van der Waals surface area contributed by atoms with Crippen LogP contribution in [0, 0.1) is 6.92 Å². The molecule has 1 aromatic carbocycles. The van der Waals surface area contributed by atoms with Gasteiger partial charge >= 0.3 is 0 Å². The van der Waals surface area contributed by atoms with Crippen LogP contribution in [0.1, 0.15) is 12.0 Å². The number of rotatable bonds is 3. The van der Waals surface area contributed by atoms with Crippen LogP contribution in [0.15, 0.2) is 24.3 Å². The van der Waals surface area contributed by atoms with Crippen LogP contribution in [0.25, 0.3) is 0 Å². The fraction of sp³-hybridized carbons (Fsp3) is 0.600. The zero-order chi connectivity index (χ0) is 13.0. The van der Waals surface area contributed by atoms with Crippen molar-refractivity contribution >= 4 is 5.69 Å². The van der Waals surface area contributed by atoms with Crippen molar-refractivity contribution in [3.8, 4) is 0 Å². The fourth-order valence-corrected chi connectivity index (χ4v) is 2.69. The Morgan fingerprint density at radius 2 is 2.17 bits per heavy atom. The van der Waals surface area contributed by atoms with Gasteiger partial charge in [-0.05, 0) is 51.7 Å². The molecule has 1 fully saturated rings. The van der Waals surface area contributed by atoms with Crippen molar-refractivity contribution in [3.05, 3.63) is 29.8 Å². The number of benzene rings is 1. The van der Waals surface area contributed by atoms with Gasteiger partial charge in [-0.3, -0.25) is 0 Å². The third kappa shape index (κ3) is 3.24. The van der Waals surface area contributed by atoms with Gasteiger partial charge in [-0.15, -0.1) is 0 Å². The molecule has 18 heavy (non-hydrogen) atoms. The maximum atomic E-state index is 3.31. The molecule has 3 nitrogen and oxygen atoms in total. The second kappa shape index (κ2) is 6.21. The van der Waals surface area contributed by atoms with E-state index in [1.165, 1.54) is 24.2 Å². The highest BCUT2D eigenvalue weighted by atomic mass is 15.2. The molecule has 0 aromatic heterocycles. The van der Waals surface area contributed by atoms with Gasteiger partial charge in [0.1, 0.15) is 0 Å². The molecular weight excluding hydrogens is 222 g/mol. The first kappa shape index (κ1) is 13.4. The third-order valence-corrected chi connectivity index (χ3v) is 3.80. The number of nitrogens with one attached hydrogen (secondary N) is 1. The lowest BCUT2D eigenvalue weighted by molar-refractivity contribution is 0.257. The molecule has 1 N–H and O–H groups in total. The van der Waals surface area contributed by atoms with Crippen LogP contribution in [0.4, 0.5) is 5.69 Å². The van der Waals surface area contributed by atoms with Crippen LogP contribution in [0.3, 0.4) is 0 Å². The Balaban J connectivity index is 2.12. The zero-order valence-electron chi connectivity index (χ0n) is 11.8. The topological polar surface area (TPSA) is 18.5 Å². The molecule has 0 bridgehead atoms. The lowest BCUT2D eigenvalue weighted by Gasteiger charge is -2.30. The van der Waals surface area contributed by atoms with Crippen molar-refractivity contribution in [1.82, 2.24) is 10.2 Å². The fourth-order valence-electron chi connectivity index (χ4n) is 2.69. The molecule has 1 aliphatic heterocycles. The number of nitrogens with zero attached hydrogens (tertiary/aromatic N) is 2. The van der Waals surface area contributed by atoms with Gasteiger partial charge in [0.2, 0.25) is 0 Å². The summed E-state index contributed by atoms with van der Waals surface area (Å²) in [5.74, 6) is 0. The Bertz CT molecular complexity index is 378. The number of anilines is 1. The minimum atomic E-state index is 0.595. The van der Waals surface area contributed by atoms with E-state index < -0.39 is 0 Å². The summed E-state index contributed by atoms with van der Waals surface area (Å²) in [6, 6.07) is 9.44. The van der Waals surface area contributed by atoms with Gasteiger partial charge in [-0.25, -0.2) is 0 Å². The maximum Gasteiger partial charge on any atom is 0.0392 e. The minimum Gasteiger partial charge on any atom is -0.370 e. The summed E-state index contributed by atoms with van der Waals surface area (Å²) in [6.07, 6.45) is 1.24. The Morgan fingerprint density at radius 1 is 1.33 bits per heavy atom. The molecule has 1 aliphatic rings. The van der Waals surface area contributed by atoms with E-state index >= 15 is 0 Å². The van der Waals surface area contributed by atoms with Crippen LogP contribution in [-0.4, -0.2) is 51.2 Å². The molecule has 3 heteroatoms. The Morgan fingerprint density at radius 3 is 2.89 bits per heavy atom. The minimum absolute atomic E-state index is 0.595. The summed E-state index contributed by atoms with van der Waals surface area (Å²) < 4.78 is 0. The molecule has 2 rings (SSSR count). The van der Waals surface area contributed by atoms with Crippen LogP contribution in [0.5, 0.6) is 0 Å². The van der Waals surface area contributed by atoms with E-state index in [1.807, 2.05) is 7.05 Å². The van der Waals surface area contributed by atoms with E-state index in [0.29, 0.717) is 6.04 Å². The van der Waals surface area contributed by atoms with Crippen molar-refractivity contribution in [2.45, 2.75) is 19.4 Å². The first-order valence-electron chi connectivity index (χ1n) is 6.87. The van der Waals surface area contributed by atoms with Crippen molar-refractivity contribution in [2.24, 2.45) is 0 Å². The summed E-state index contributed by atoms with van der Waals surface area (Å²) in [4.78, 5) is 5.00. The molecule has 1 saturated heterocycles. The van der Waals surface area contributed by atoms with Gasteiger partial charge < -0.3 is 15.1 Å². The highest BCUT2D eigenvalue weighted by Gasteiger charge is 2.21. The molecule has 0 saturated carbocycles. The number of aryl methyl sites for hydroxylation is 1. The smallest absolute Gasteiger partial charge is 0.0392 e. The van der Waals surface area contributed by atoms with E-state index in [4.69, 9.17) is 0 Å². The second-order valence-electron chi connectivity index (χ2n) is 5.33. The van der Waals surface area contributed by atoms with E-state index in [9.17, 15) is 0 Å². The SMILES string of the molecule is CNCC1CN(c2cccc(C)c2)CCCN1C. The molecule has 1 atom stereocenters. The molecule has 0 aliphatic carbocycles. The van der Waals surface area contributed by atoms with Gasteiger partial charge in [-0.2, -0.15) is 0 Å². The van der Waals surface area contributed by atoms with E-state index in [2.05, 4.69) is 53.4 Å². The summed E-state index contributed by atoms with van der Waals surface area (Å²) >= 11 is 0. The standard InChI is InChI=1S/C15H25N3/c1-13-6-4-7-14(10-13)18-9-5-8-17(3)15(12-18)11-16-2/h4,6-7,10,15-16H,5,8-9,11-12H2,1-3H3. The Kier molecular flexibility index (Phi) is 4.61. The van der Waals surface area contributed by atoms with E-state index in [1.54, 1.807) is 0 Å². The zero-order valence-corrected chi connectivity index (χ0v) is 11.8. The highest BCUT2D eigenvalue weighted by molar-refractivity contribution is 5.48. The van der Waals surface area contributed by atoms with Gasteiger partial charge in [0.05, 0.1) is 0 Å². The molecule has 0 radical (unpaired) electrons. The normalized spacial score (nSPS) is 21.9. The largest absolute Gasteiger partial charge is 0.370 e. The summed E-state index contributed by atoms with van der Waals surface area (Å²) in [6.45, 7) is 6.68. The van der Waals surface area contributed by atoms with Gasteiger partial charge in [-0.1, -0.05) is 12.1 Å². The molecular formula is C15H25N3. The number of likely N-dealkylation sites (N-methyl/N-ethyl adjacent to an activating group) is 2. The van der Waals surface area contributed by atoms with Crippen molar-refractivity contribution in [2.75, 3.05) is 45.2 Å². The second-order valence-corrected chi connectivity index (χ2v) is 5.33. The average molecular weight is 247 g/mol. The average Bonchev–Trinajstić information content (AvgIpc) is 2.53. The molecule has 100 valence electrons. The Hall–Kier alpha value is -1.06. The van der Waals surface area contributed by atoms with E-state index in [0.717, 1.165) is 19.6 Å². The molecule has 1 heterocycles. The predicted octanol–water partition coefficient (Wildman–Crippen LogP) is 1.72. The van der Waals surface area contributed by atoms with Gasteiger partial charge in [0.25, 0.3) is 0 Å². The summed E-state index contributed by atoms with van der Waals surface area (Å²) in [7, 11) is 4.28. The van der Waals surface area contributed by atoms with Crippen LogP contribution in [-0.2, 0) is 0 Å². The summed E-state index contributed by atoms with van der Waals surface area (Å²) in [5.41, 5.74) is 2.71. The van der Waals surface area contributed by atoms with Crippen LogP contribution in [0.2, 0.25) is 0 Å². The predicted molar refractivity (Wildman–Crippen MR) is 78.4 cm³/mol. The Labute approximate surface area is 111 Å². The molecule has 1 unspecified atom stereocenters. The molecule has 1 aromatic rings. The highest BCUT2D eigenvalue weighted by Crippen LogP contribution is 2.19. The number of hydrogen-bond acceptors (Lipinski definition) is 3. The third-order valence-electron chi connectivity index (χ3n) is 3.80. The van der Waals surface area contributed by atoms with Crippen LogP contribution < -0.4 is 10.2 Å². The monoisotopic (exact) mass is 247 g/mol. The van der Waals surface area contributed by atoms with Crippen molar-refractivity contribution in [1.29, 1.82) is 0 Å². The molecule has 0 amide bonds. The lowest BCUT2D eigenvalue weighted by atomic mass is 10.2. The van der Waals surface area contributed by atoms with E-state index in [-0.39, 0.29) is 0 Å². The van der Waals surface area contributed by atoms with Crippen molar-refractivity contribution in [3.63, 3.8) is 0 Å². The molecule has 0 spiro atoms.